The van der Waals surface area contributed by atoms with Crippen molar-refractivity contribution in [2.24, 2.45) is 0 Å². The second-order valence-electron chi connectivity index (χ2n) is 4.16. The zero-order valence-corrected chi connectivity index (χ0v) is 9.29. The number of hydrogen-bond acceptors (Lipinski definition) is 1. The summed E-state index contributed by atoms with van der Waals surface area (Å²) >= 11 is 0. The summed E-state index contributed by atoms with van der Waals surface area (Å²) in [6.45, 7) is 0. The van der Waals surface area contributed by atoms with Gasteiger partial charge in [0.15, 0.2) is 0 Å². The van der Waals surface area contributed by atoms with Gasteiger partial charge in [-0.2, -0.15) is 0 Å². The van der Waals surface area contributed by atoms with Crippen LogP contribution in [0.3, 0.4) is 0 Å². The summed E-state index contributed by atoms with van der Waals surface area (Å²) in [7, 11) is 0. The lowest BCUT2D eigenvalue weighted by atomic mass is 10.1. The van der Waals surface area contributed by atoms with E-state index in [1.807, 2.05) is 30.3 Å². The Morgan fingerprint density at radius 2 is 1.61 bits per heavy atom. The number of rotatable bonds is 1. The largest absolute Gasteiger partial charge is 0.573 e. The molecule has 0 radical (unpaired) electrons. The van der Waals surface area contributed by atoms with Crippen molar-refractivity contribution in [3.63, 3.8) is 0 Å². The first-order chi connectivity index (χ1) is 8.54. The quantitative estimate of drug-likeness (QED) is 0.630. The maximum absolute atomic E-state index is 12.3. The molecule has 0 N–H and O–H groups in total. The first-order valence-electron chi connectivity index (χ1n) is 5.50. The van der Waals surface area contributed by atoms with Gasteiger partial charge in [0.2, 0.25) is 0 Å². The van der Waals surface area contributed by atoms with E-state index in [4.69, 9.17) is 0 Å². The van der Waals surface area contributed by atoms with E-state index in [1.165, 1.54) is 6.07 Å². The molecule has 1 aliphatic carbocycles. The summed E-state index contributed by atoms with van der Waals surface area (Å²) in [5.41, 5.74) is 3.45. The van der Waals surface area contributed by atoms with Gasteiger partial charge in [0.05, 0.1) is 0 Å². The molecule has 2 aromatic carbocycles. The normalized spacial score (nSPS) is 13.1. The molecule has 0 heterocycles. The van der Waals surface area contributed by atoms with E-state index in [9.17, 15) is 13.2 Å². The van der Waals surface area contributed by atoms with Crippen molar-refractivity contribution in [3.05, 3.63) is 53.6 Å². The maximum atomic E-state index is 12.3. The van der Waals surface area contributed by atoms with Crippen LogP contribution in [0.15, 0.2) is 42.5 Å². The van der Waals surface area contributed by atoms with Gasteiger partial charge in [-0.05, 0) is 22.8 Å². The van der Waals surface area contributed by atoms with E-state index in [2.05, 4.69) is 4.74 Å². The van der Waals surface area contributed by atoms with Crippen LogP contribution in [0.5, 0.6) is 5.75 Å². The molecule has 4 heteroatoms. The lowest BCUT2D eigenvalue weighted by Crippen LogP contribution is -2.18. The van der Waals surface area contributed by atoms with Crippen LogP contribution in [-0.2, 0) is 6.42 Å². The van der Waals surface area contributed by atoms with Crippen LogP contribution in [0.4, 0.5) is 13.2 Å². The monoisotopic (exact) mass is 250 g/mol. The Bertz CT molecular complexity index is 602. The lowest BCUT2D eigenvalue weighted by molar-refractivity contribution is -0.274. The number of fused-ring (bicyclic) bond motifs is 3. The summed E-state index contributed by atoms with van der Waals surface area (Å²) < 4.78 is 41.0. The highest BCUT2D eigenvalue weighted by molar-refractivity contribution is 5.78. The Balaban J connectivity index is 2.09. The van der Waals surface area contributed by atoms with E-state index in [1.54, 1.807) is 6.07 Å². The molecule has 0 aromatic heterocycles. The number of hydrogen-bond donors (Lipinski definition) is 0. The van der Waals surface area contributed by atoms with Gasteiger partial charge >= 0.3 is 6.36 Å². The van der Waals surface area contributed by atoms with Gasteiger partial charge in [0, 0.05) is 12.0 Å². The summed E-state index contributed by atoms with van der Waals surface area (Å²) in [4.78, 5) is 0. The highest BCUT2D eigenvalue weighted by Crippen LogP contribution is 2.42. The summed E-state index contributed by atoms with van der Waals surface area (Å²) in [5, 5.41) is 0. The van der Waals surface area contributed by atoms with Crippen molar-refractivity contribution in [1.29, 1.82) is 0 Å². The topological polar surface area (TPSA) is 9.23 Å². The van der Waals surface area contributed by atoms with Crippen LogP contribution >= 0.6 is 0 Å². The predicted octanol–water partition coefficient (Wildman–Crippen LogP) is 4.16. The van der Waals surface area contributed by atoms with Gasteiger partial charge in [-0.1, -0.05) is 36.4 Å². The molecule has 0 atom stereocenters. The molecule has 0 spiro atoms. The molecule has 2 aromatic rings. The van der Waals surface area contributed by atoms with Crippen molar-refractivity contribution in [2.75, 3.05) is 0 Å². The Morgan fingerprint density at radius 3 is 2.39 bits per heavy atom. The molecule has 0 amide bonds. The SMILES string of the molecule is FC(F)(F)Oc1cccc2c1Cc1ccccc1-2. The Labute approximate surface area is 102 Å². The second-order valence-corrected chi connectivity index (χ2v) is 4.16. The molecule has 18 heavy (non-hydrogen) atoms. The van der Waals surface area contributed by atoms with Gasteiger partial charge in [0.1, 0.15) is 5.75 Å². The number of halogens is 3. The van der Waals surface area contributed by atoms with Crippen molar-refractivity contribution >= 4 is 0 Å². The van der Waals surface area contributed by atoms with Gasteiger partial charge in [-0.15, -0.1) is 13.2 Å². The summed E-state index contributed by atoms with van der Waals surface area (Å²) in [6, 6.07) is 12.4. The number of benzene rings is 2. The minimum absolute atomic E-state index is 0.101. The Kier molecular flexibility index (Phi) is 2.33. The average molecular weight is 250 g/mol. The predicted molar refractivity (Wildman–Crippen MR) is 61.4 cm³/mol. The number of ether oxygens (including phenoxy) is 1. The van der Waals surface area contributed by atoms with E-state index in [0.29, 0.717) is 12.0 Å². The molecular formula is C14H9F3O. The zero-order valence-electron chi connectivity index (χ0n) is 9.29. The fraction of sp³-hybridized carbons (Fsp3) is 0.143. The molecule has 1 nitrogen and oxygen atoms in total. The van der Waals surface area contributed by atoms with Gasteiger partial charge in [-0.25, -0.2) is 0 Å². The minimum atomic E-state index is -4.65. The van der Waals surface area contributed by atoms with Crippen molar-refractivity contribution in [1.82, 2.24) is 0 Å². The third-order valence-electron chi connectivity index (χ3n) is 3.03. The van der Waals surface area contributed by atoms with E-state index < -0.39 is 6.36 Å². The summed E-state index contributed by atoms with van der Waals surface area (Å²) in [6.07, 6.45) is -4.17. The molecule has 0 bridgehead atoms. The first kappa shape index (κ1) is 11.1. The number of alkyl halides is 3. The van der Waals surface area contributed by atoms with Crippen molar-refractivity contribution in [3.8, 4) is 16.9 Å². The lowest BCUT2D eigenvalue weighted by Gasteiger charge is -2.12. The molecule has 0 unspecified atom stereocenters. The Morgan fingerprint density at radius 1 is 0.889 bits per heavy atom. The molecule has 1 aliphatic rings. The maximum Gasteiger partial charge on any atom is 0.573 e. The van der Waals surface area contributed by atoms with Crippen LogP contribution < -0.4 is 4.74 Å². The Hall–Kier alpha value is -1.97. The van der Waals surface area contributed by atoms with Crippen LogP contribution in [0.1, 0.15) is 11.1 Å². The highest BCUT2D eigenvalue weighted by atomic mass is 19.4. The highest BCUT2D eigenvalue weighted by Gasteiger charge is 2.33. The average Bonchev–Trinajstić information content (AvgIpc) is 2.67. The molecule has 0 saturated heterocycles. The molecular weight excluding hydrogens is 241 g/mol. The molecule has 0 fully saturated rings. The molecule has 92 valence electrons. The van der Waals surface area contributed by atoms with Crippen LogP contribution in [-0.4, -0.2) is 6.36 Å². The first-order valence-corrected chi connectivity index (χ1v) is 5.50. The standard InChI is InChI=1S/C14H9F3O/c15-14(16,17)18-13-7-3-6-11-10-5-2-1-4-9(10)8-12(11)13/h1-7H,8H2. The summed E-state index contributed by atoms with van der Waals surface area (Å²) in [5.74, 6) is -0.101. The molecule has 0 saturated carbocycles. The van der Waals surface area contributed by atoms with E-state index in [-0.39, 0.29) is 5.75 Å². The van der Waals surface area contributed by atoms with Crippen LogP contribution in [0, 0.1) is 0 Å². The molecule has 0 aliphatic heterocycles. The second kappa shape index (κ2) is 3.77. The van der Waals surface area contributed by atoms with Gasteiger partial charge in [-0.3, -0.25) is 0 Å². The third kappa shape index (κ3) is 1.83. The smallest absolute Gasteiger partial charge is 0.405 e. The van der Waals surface area contributed by atoms with Crippen LogP contribution in [0.25, 0.3) is 11.1 Å². The van der Waals surface area contributed by atoms with E-state index >= 15 is 0 Å². The minimum Gasteiger partial charge on any atom is -0.405 e. The fourth-order valence-electron chi connectivity index (χ4n) is 2.35. The van der Waals surface area contributed by atoms with E-state index in [0.717, 1.165) is 16.7 Å². The molecule has 3 rings (SSSR count). The van der Waals surface area contributed by atoms with Gasteiger partial charge in [0.25, 0.3) is 0 Å². The zero-order chi connectivity index (χ0) is 12.8. The fourth-order valence-corrected chi connectivity index (χ4v) is 2.35. The van der Waals surface area contributed by atoms with Crippen LogP contribution in [0.2, 0.25) is 0 Å². The van der Waals surface area contributed by atoms with Gasteiger partial charge < -0.3 is 4.74 Å². The third-order valence-corrected chi connectivity index (χ3v) is 3.03. The van der Waals surface area contributed by atoms with Crippen molar-refractivity contribution < 1.29 is 17.9 Å². The van der Waals surface area contributed by atoms with Crippen molar-refractivity contribution in [2.45, 2.75) is 12.8 Å².